The maximum Gasteiger partial charge on any atom is 0.227 e. The first-order valence-corrected chi connectivity index (χ1v) is 11.6. The topological polar surface area (TPSA) is 119 Å². The van der Waals surface area contributed by atoms with E-state index in [9.17, 15) is 13.2 Å². The second kappa shape index (κ2) is 8.82. The first-order chi connectivity index (χ1) is 14.9. The van der Waals surface area contributed by atoms with Crippen molar-refractivity contribution in [2.24, 2.45) is 5.92 Å². The maximum atomic E-state index is 12.5. The number of piperidine rings is 1. The molecule has 11 heteroatoms. The number of benzene rings is 1. The van der Waals surface area contributed by atoms with Gasteiger partial charge in [0.2, 0.25) is 21.8 Å². The Balaban J connectivity index is 1.34. The molecule has 1 saturated heterocycles. The van der Waals surface area contributed by atoms with E-state index < -0.39 is 10.0 Å². The molecule has 1 aliphatic heterocycles. The number of anilines is 1. The fourth-order valence-electron chi connectivity index (χ4n) is 3.34. The highest BCUT2D eigenvalue weighted by Crippen LogP contribution is 2.24. The third kappa shape index (κ3) is 5.25. The molecule has 0 spiro atoms. The molecule has 1 aliphatic rings. The summed E-state index contributed by atoms with van der Waals surface area (Å²) in [7, 11) is -3.21. The lowest BCUT2D eigenvalue weighted by atomic mass is 9.97. The van der Waals surface area contributed by atoms with Gasteiger partial charge in [0.15, 0.2) is 0 Å². The molecule has 31 heavy (non-hydrogen) atoms. The second-order valence-electron chi connectivity index (χ2n) is 7.24. The lowest BCUT2D eigenvalue weighted by molar-refractivity contribution is -0.120. The third-order valence-electron chi connectivity index (χ3n) is 5.03. The largest absolute Gasteiger partial charge is 0.439 e. The van der Waals surface area contributed by atoms with E-state index in [0.29, 0.717) is 49.1 Å². The minimum absolute atomic E-state index is 0.109. The molecule has 1 fully saturated rings. The third-order valence-corrected chi connectivity index (χ3v) is 6.34. The van der Waals surface area contributed by atoms with E-state index in [1.807, 2.05) is 0 Å². The van der Waals surface area contributed by atoms with Crippen molar-refractivity contribution < 1.29 is 17.9 Å². The summed E-state index contributed by atoms with van der Waals surface area (Å²) in [6.07, 6.45) is 8.68. The Bertz CT molecular complexity index is 1140. The zero-order valence-corrected chi connectivity index (χ0v) is 17.7. The standard InChI is InChI=1S/C20H22N6O4S/c1-31(28,29)26-9-6-15(7-10-26)20(27)24-16-2-4-17(5-3-16)30-19-12-18(22-13-23-19)25-11-8-21-14-25/h2-5,8,11-15H,6-7,9-10H2,1H3,(H,24,27). The van der Waals surface area contributed by atoms with Gasteiger partial charge in [0.1, 0.15) is 24.2 Å². The summed E-state index contributed by atoms with van der Waals surface area (Å²) in [5.41, 5.74) is 0.643. The number of nitrogens with one attached hydrogen (secondary N) is 1. The molecule has 162 valence electrons. The van der Waals surface area contributed by atoms with E-state index in [0.717, 1.165) is 0 Å². The van der Waals surface area contributed by atoms with Gasteiger partial charge < -0.3 is 10.1 Å². The highest BCUT2D eigenvalue weighted by molar-refractivity contribution is 7.88. The number of hydrogen-bond acceptors (Lipinski definition) is 7. The SMILES string of the molecule is CS(=O)(=O)N1CCC(C(=O)Nc2ccc(Oc3cc(-n4ccnc4)ncn3)cc2)CC1. The Morgan fingerprint density at radius 3 is 2.55 bits per heavy atom. The van der Waals surface area contributed by atoms with Gasteiger partial charge in [-0.2, -0.15) is 0 Å². The number of ether oxygens (including phenoxy) is 1. The molecular formula is C20H22N6O4S. The van der Waals surface area contributed by atoms with Gasteiger partial charge in [0.25, 0.3) is 0 Å². The molecule has 0 radical (unpaired) electrons. The van der Waals surface area contributed by atoms with E-state index in [4.69, 9.17) is 4.74 Å². The lowest BCUT2D eigenvalue weighted by Gasteiger charge is -2.29. The molecule has 2 aromatic heterocycles. The zero-order valence-electron chi connectivity index (χ0n) is 16.9. The molecule has 0 unspecified atom stereocenters. The molecule has 1 N–H and O–H groups in total. The van der Waals surface area contributed by atoms with Crippen LogP contribution in [0.4, 0.5) is 5.69 Å². The summed E-state index contributed by atoms with van der Waals surface area (Å²) < 4.78 is 32.1. The molecule has 0 atom stereocenters. The Labute approximate surface area is 180 Å². The number of carbonyl (C=O) groups excluding carboxylic acids is 1. The van der Waals surface area contributed by atoms with Gasteiger partial charge in [-0.25, -0.2) is 27.7 Å². The minimum atomic E-state index is -3.21. The van der Waals surface area contributed by atoms with Crippen LogP contribution in [0.5, 0.6) is 11.6 Å². The zero-order chi connectivity index (χ0) is 21.8. The molecule has 1 amide bonds. The van der Waals surface area contributed by atoms with Crippen LogP contribution in [0.1, 0.15) is 12.8 Å². The summed E-state index contributed by atoms with van der Waals surface area (Å²) in [6.45, 7) is 0.730. The van der Waals surface area contributed by atoms with Gasteiger partial charge in [-0.15, -0.1) is 0 Å². The average Bonchev–Trinajstić information content (AvgIpc) is 3.30. The van der Waals surface area contributed by atoms with Crippen molar-refractivity contribution in [2.45, 2.75) is 12.8 Å². The highest BCUT2D eigenvalue weighted by atomic mass is 32.2. The van der Waals surface area contributed by atoms with Crippen LogP contribution in [-0.4, -0.2) is 57.5 Å². The summed E-state index contributed by atoms with van der Waals surface area (Å²) >= 11 is 0. The quantitative estimate of drug-likeness (QED) is 0.620. The molecule has 3 heterocycles. The summed E-state index contributed by atoms with van der Waals surface area (Å²) in [5, 5.41) is 2.89. The van der Waals surface area contributed by atoms with Crippen molar-refractivity contribution in [3.63, 3.8) is 0 Å². The minimum Gasteiger partial charge on any atom is -0.439 e. The lowest BCUT2D eigenvalue weighted by Crippen LogP contribution is -2.40. The predicted molar refractivity (Wildman–Crippen MR) is 113 cm³/mol. The van der Waals surface area contributed by atoms with Crippen LogP contribution in [0.2, 0.25) is 0 Å². The molecule has 10 nitrogen and oxygen atoms in total. The molecule has 0 bridgehead atoms. The van der Waals surface area contributed by atoms with Crippen LogP contribution < -0.4 is 10.1 Å². The van der Waals surface area contributed by atoms with Crippen LogP contribution >= 0.6 is 0 Å². The smallest absolute Gasteiger partial charge is 0.227 e. The van der Waals surface area contributed by atoms with Gasteiger partial charge in [-0.1, -0.05) is 0 Å². The summed E-state index contributed by atoms with van der Waals surface area (Å²) in [4.78, 5) is 24.8. The fourth-order valence-corrected chi connectivity index (χ4v) is 4.22. The van der Waals surface area contributed by atoms with E-state index in [-0.39, 0.29) is 11.8 Å². The Morgan fingerprint density at radius 1 is 1.16 bits per heavy atom. The highest BCUT2D eigenvalue weighted by Gasteiger charge is 2.28. The molecule has 1 aromatic carbocycles. The first kappa shape index (κ1) is 20.9. The van der Waals surface area contributed by atoms with Crippen molar-refractivity contribution in [1.82, 2.24) is 23.8 Å². The van der Waals surface area contributed by atoms with Gasteiger partial charge in [0.05, 0.1) is 6.26 Å². The number of rotatable bonds is 6. The van der Waals surface area contributed by atoms with Gasteiger partial charge in [-0.3, -0.25) is 9.36 Å². The Hall–Kier alpha value is -3.31. The molecular weight excluding hydrogens is 420 g/mol. The van der Waals surface area contributed by atoms with Gasteiger partial charge >= 0.3 is 0 Å². The predicted octanol–water partition coefficient (Wildman–Crippen LogP) is 2.06. The van der Waals surface area contributed by atoms with Crippen LogP contribution in [0.3, 0.4) is 0 Å². The number of sulfonamides is 1. The average molecular weight is 443 g/mol. The van der Waals surface area contributed by atoms with Crippen molar-refractivity contribution in [2.75, 3.05) is 24.7 Å². The molecule has 3 aromatic rings. The Kier molecular flexibility index (Phi) is 5.96. The van der Waals surface area contributed by atoms with Crippen molar-refractivity contribution in [3.05, 3.63) is 55.4 Å². The molecule has 0 saturated carbocycles. The van der Waals surface area contributed by atoms with Gasteiger partial charge in [0, 0.05) is 43.2 Å². The maximum absolute atomic E-state index is 12.5. The van der Waals surface area contributed by atoms with Crippen molar-refractivity contribution in [3.8, 4) is 17.4 Å². The van der Waals surface area contributed by atoms with Crippen molar-refractivity contribution >= 4 is 21.6 Å². The monoisotopic (exact) mass is 442 g/mol. The number of carbonyl (C=O) groups is 1. The van der Waals surface area contributed by atoms with Crippen molar-refractivity contribution in [1.29, 1.82) is 0 Å². The first-order valence-electron chi connectivity index (χ1n) is 9.73. The number of imidazole rings is 1. The normalized spacial score (nSPS) is 15.5. The van der Waals surface area contributed by atoms with Crippen LogP contribution in [0, 0.1) is 5.92 Å². The number of hydrogen-bond donors (Lipinski definition) is 1. The van der Waals surface area contributed by atoms with Crippen LogP contribution in [-0.2, 0) is 14.8 Å². The van der Waals surface area contributed by atoms with E-state index in [2.05, 4.69) is 20.3 Å². The van der Waals surface area contributed by atoms with E-state index in [1.165, 1.54) is 16.9 Å². The van der Waals surface area contributed by atoms with Gasteiger partial charge in [-0.05, 0) is 37.1 Å². The van der Waals surface area contributed by atoms with E-state index >= 15 is 0 Å². The van der Waals surface area contributed by atoms with E-state index in [1.54, 1.807) is 53.6 Å². The number of aromatic nitrogens is 4. The van der Waals surface area contributed by atoms with Crippen LogP contribution in [0.25, 0.3) is 5.82 Å². The molecule has 0 aliphatic carbocycles. The van der Waals surface area contributed by atoms with Crippen LogP contribution in [0.15, 0.2) is 55.4 Å². The summed E-state index contributed by atoms with van der Waals surface area (Å²) in [5.74, 6) is 1.26. The fraction of sp³-hybridized carbons (Fsp3) is 0.300. The number of amides is 1. The number of nitrogens with zero attached hydrogens (tertiary/aromatic N) is 5. The Morgan fingerprint density at radius 2 is 1.90 bits per heavy atom. The molecule has 4 rings (SSSR count). The summed E-state index contributed by atoms with van der Waals surface area (Å²) in [6, 6.07) is 8.66. The second-order valence-corrected chi connectivity index (χ2v) is 9.22.